The van der Waals surface area contributed by atoms with Crippen molar-refractivity contribution >= 4 is 11.6 Å². The third-order valence-corrected chi connectivity index (χ3v) is 5.16. The Labute approximate surface area is 131 Å². The van der Waals surface area contributed by atoms with Crippen molar-refractivity contribution < 1.29 is 9.53 Å². The van der Waals surface area contributed by atoms with Gasteiger partial charge in [0.1, 0.15) is 5.75 Å². The van der Waals surface area contributed by atoms with Crippen molar-refractivity contribution in [2.24, 2.45) is 22.9 Å². The maximum atomic E-state index is 12.0. The van der Waals surface area contributed by atoms with Crippen molar-refractivity contribution in [3.8, 4) is 5.75 Å². The number of methoxy groups -OCH3 is 1. The molecule has 1 N–H and O–H groups in total. The number of carbonyl (C=O) groups is 1. The fraction of sp³-hybridized carbons (Fsp3) is 0.556. The third-order valence-electron chi connectivity index (χ3n) is 5.16. The van der Waals surface area contributed by atoms with Gasteiger partial charge in [-0.1, -0.05) is 18.6 Å². The van der Waals surface area contributed by atoms with Crippen LogP contribution in [0.1, 0.15) is 38.2 Å². The second-order valence-electron chi connectivity index (χ2n) is 6.59. The first-order chi connectivity index (χ1) is 10.7. The molecule has 1 aromatic carbocycles. The zero-order valence-electron chi connectivity index (χ0n) is 13.3. The summed E-state index contributed by atoms with van der Waals surface area (Å²) in [5.41, 5.74) is 4.77. The number of nitrogens with zero attached hydrogens (tertiary/aromatic N) is 1. The third kappa shape index (κ3) is 3.32. The average Bonchev–Trinajstić information content (AvgIpc) is 3.16. The Balaban J connectivity index is 1.51. The lowest BCUT2D eigenvalue weighted by Gasteiger charge is -2.21. The van der Waals surface area contributed by atoms with E-state index in [0.29, 0.717) is 12.3 Å². The number of carbonyl (C=O) groups excluding carboxylic acids is 1. The summed E-state index contributed by atoms with van der Waals surface area (Å²) in [6.07, 6.45) is 5.68. The van der Waals surface area contributed by atoms with Gasteiger partial charge in [-0.25, -0.2) is 5.43 Å². The second-order valence-corrected chi connectivity index (χ2v) is 6.59. The summed E-state index contributed by atoms with van der Waals surface area (Å²) in [7, 11) is 1.63. The Morgan fingerprint density at radius 2 is 2.05 bits per heavy atom. The lowest BCUT2D eigenvalue weighted by atomic mass is 9.86. The lowest BCUT2D eigenvalue weighted by Crippen LogP contribution is -2.25. The van der Waals surface area contributed by atoms with Crippen LogP contribution in [-0.4, -0.2) is 18.7 Å². The molecular weight excluding hydrogens is 276 g/mol. The minimum Gasteiger partial charge on any atom is -0.497 e. The van der Waals surface area contributed by atoms with Gasteiger partial charge in [-0.15, -0.1) is 0 Å². The van der Waals surface area contributed by atoms with Gasteiger partial charge in [-0.3, -0.25) is 4.79 Å². The topological polar surface area (TPSA) is 50.7 Å². The van der Waals surface area contributed by atoms with Gasteiger partial charge in [0.2, 0.25) is 5.91 Å². The molecule has 0 spiro atoms. The largest absolute Gasteiger partial charge is 0.497 e. The number of benzene rings is 1. The number of rotatable bonds is 5. The molecule has 0 radical (unpaired) electrons. The zero-order valence-corrected chi connectivity index (χ0v) is 13.3. The summed E-state index contributed by atoms with van der Waals surface area (Å²) in [6.45, 7) is 2.05. The quantitative estimate of drug-likeness (QED) is 0.671. The van der Waals surface area contributed by atoms with Crippen LogP contribution in [0.25, 0.3) is 0 Å². The molecule has 0 unspecified atom stereocenters. The standard InChI is InChI=1S/C18H24N2O2/c1-12(17-10-14-3-6-15(17)9-14)19-20-18(21)11-13-4-7-16(22-2)8-5-13/h4-5,7-8,14-15,17H,3,6,9-11H2,1-2H3,(H,20,21)/b19-12+/t14-,15+,17-/m0/s1. The zero-order chi connectivity index (χ0) is 15.5. The minimum atomic E-state index is -0.0623. The second kappa shape index (κ2) is 6.51. The molecule has 22 heavy (non-hydrogen) atoms. The predicted molar refractivity (Wildman–Crippen MR) is 86.9 cm³/mol. The van der Waals surface area contributed by atoms with E-state index in [1.54, 1.807) is 7.11 Å². The van der Waals surface area contributed by atoms with E-state index in [0.717, 1.165) is 28.9 Å². The molecule has 1 aromatic rings. The number of ether oxygens (including phenoxy) is 1. The van der Waals surface area contributed by atoms with Crippen LogP contribution in [0.4, 0.5) is 0 Å². The van der Waals surface area contributed by atoms with Crippen LogP contribution < -0.4 is 10.2 Å². The summed E-state index contributed by atoms with van der Waals surface area (Å²) in [5.74, 6) is 3.02. The Hall–Kier alpha value is -1.84. The first-order valence-corrected chi connectivity index (χ1v) is 8.11. The van der Waals surface area contributed by atoms with E-state index in [9.17, 15) is 4.79 Å². The van der Waals surface area contributed by atoms with Crippen molar-refractivity contribution in [1.82, 2.24) is 5.43 Å². The van der Waals surface area contributed by atoms with Crippen LogP contribution in [0.5, 0.6) is 5.75 Å². The van der Waals surface area contributed by atoms with E-state index < -0.39 is 0 Å². The Bertz CT molecular complexity index is 565. The monoisotopic (exact) mass is 300 g/mol. The van der Waals surface area contributed by atoms with Crippen molar-refractivity contribution in [2.45, 2.75) is 39.0 Å². The molecular formula is C18H24N2O2. The Kier molecular flexibility index (Phi) is 4.46. The summed E-state index contributed by atoms with van der Waals surface area (Å²) < 4.78 is 5.11. The Morgan fingerprint density at radius 1 is 1.27 bits per heavy atom. The van der Waals surface area contributed by atoms with Gasteiger partial charge in [-0.2, -0.15) is 5.10 Å². The molecule has 4 heteroatoms. The summed E-state index contributed by atoms with van der Waals surface area (Å²) in [4.78, 5) is 12.0. The van der Waals surface area contributed by atoms with Gasteiger partial charge in [0.05, 0.1) is 13.5 Å². The Morgan fingerprint density at radius 3 is 2.64 bits per heavy atom. The van der Waals surface area contributed by atoms with Crippen molar-refractivity contribution in [3.63, 3.8) is 0 Å². The molecule has 2 bridgehead atoms. The predicted octanol–water partition coefficient (Wildman–Crippen LogP) is 3.17. The fourth-order valence-corrected chi connectivity index (χ4v) is 3.96. The molecule has 2 aliphatic rings. The van der Waals surface area contributed by atoms with E-state index in [-0.39, 0.29) is 5.91 Å². The number of hydrogen-bond acceptors (Lipinski definition) is 3. The molecule has 1 amide bonds. The van der Waals surface area contributed by atoms with E-state index in [2.05, 4.69) is 17.5 Å². The van der Waals surface area contributed by atoms with Crippen LogP contribution in [0.2, 0.25) is 0 Å². The molecule has 0 heterocycles. The molecule has 4 nitrogen and oxygen atoms in total. The molecule has 118 valence electrons. The van der Waals surface area contributed by atoms with Gasteiger partial charge < -0.3 is 4.74 Å². The smallest absolute Gasteiger partial charge is 0.244 e. The highest BCUT2D eigenvalue weighted by Gasteiger charge is 2.40. The molecule has 2 fully saturated rings. The normalized spacial score (nSPS) is 27.0. The highest BCUT2D eigenvalue weighted by atomic mass is 16.5. The van der Waals surface area contributed by atoms with Gasteiger partial charge >= 0.3 is 0 Å². The fourth-order valence-electron chi connectivity index (χ4n) is 3.96. The maximum Gasteiger partial charge on any atom is 0.244 e. The molecule has 3 rings (SSSR count). The van der Waals surface area contributed by atoms with Crippen molar-refractivity contribution in [2.75, 3.05) is 7.11 Å². The molecule has 3 atom stereocenters. The van der Waals surface area contributed by atoms with Gasteiger partial charge in [-0.05, 0) is 55.7 Å². The number of hydrogen-bond donors (Lipinski definition) is 1. The van der Waals surface area contributed by atoms with Crippen LogP contribution in [0.15, 0.2) is 29.4 Å². The van der Waals surface area contributed by atoms with E-state index >= 15 is 0 Å². The lowest BCUT2D eigenvalue weighted by molar-refractivity contribution is -0.120. The van der Waals surface area contributed by atoms with Crippen LogP contribution >= 0.6 is 0 Å². The maximum absolute atomic E-state index is 12.0. The van der Waals surface area contributed by atoms with Gasteiger partial charge in [0, 0.05) is 11.6 Å². The highest BCUT2D eigenvalue weighted by Crippen LogP contribution is 2.48. The number of amides is 1. The average molecular weight is 300 g/mol. The molecule has 2 aliphatic carbocycles. The van der Waals surface area contributed by atoms with Gasteiger partial charge in [0.15, 0.2) is 0 Å². The number of fused-ring (bicyclic) bond motifs is 2. The first-order valence-electron chi connectivity index (χ1n) is 8.11. The minimum absolute atomic E-state index is 0.0623. The SMILES string of the molecule is COc1ccc(CC(=O)N/N=C(\C)[C@@H]2C[C@H]3CC[C@@H]2C3)cc1. The van der Waals surface area contributed by atoms with Crippen LogP contribution in [0, 0.1) is 17.8 Å². The molecule has 0 aromatic heterocycles. The summed E-state index contributed by atoms with van der Waals surface area (Å²) in [6, 6.07) is 7.55. The van der Waals surface area contributed by atoms with E-state index in [1.165, 1.54) is 25.7 Å². The number of nitrogens with one attached hydrogen (secondary N) is 1. The molecule has 0 saturated heterocycles. The van der Waals surface area contributed by atoms with Crippen LogP contribution in [0.3, 0.4) is 0 Å². The molecule has 2 saturated carbocycles. The van der Waals surface area contributed by atoms with Crippen molar-refractivity contribution in [1.29, 1.82) is 0 Å². The first kappa shape index (κ1) is 15.1. The van der Waals surface area contributed by atoms with E-state index in [4.69, 9.17) is 4.74 Å². The molecule has 0 aliphatic heterocycles. The van der Waals surface area contributed by atoms with Gasteiger partial charge in [0.25, 0.3) is 0 Å². The number of hydrazone groups is 1. The summed E-state index contributed by atoms with van der Waals surface area (Å²) in [5, 5.41) is 4.35. The van der Waals surface area contributed by atoms with Crippen molar-refractivity contribution in [3.05, 3.63) is 29.8 Å². The van der Waals surface area contributed by atoms with Crippen LogP contribution in [-0.2, 0) is 11.2 Å². The van der Waals surface area contributed by atoms with E-state index in [1.807, 2.05) is 24.3 Å². The highest BCUT2D eigenvalue weighted by molar-refractivity contribution is 5.87. The summed E-state index contributed by atoms with van der Waals surface area (Å²) >= 11 is 0.